The number of amides is 3. The predicted molar refractivity (Wildman–Crippen MR) is 140 cm³/mol. The van der Waals surface area contributed by atoms with Crippen LogP contribution in [0.1, 0.15) is 52.8 Å². The van der Waals surface area contributed by atoms with Crippen molar-refractivity contribution in [3.8, 4) is 6.07 Å². The molecule has 1 saturated heterocycles. The molecule has 1 aliphatic heterocycles. The molecule has 5 atom stereocenters. The lowest BCUT2D eigenvalue weighted by molar-refractivity contribution is -0.176. The van der Waals surface area contributed by atoms with Crippen molar-refractivity contribution in [3.63, 3.8) is 0 Å². The Balaban J connectivity index is 1.69. The number of benzene rings is 1. The number of carbonyl (C=O) groups is 3. The van der Waals surface area contributed by atoms with Crippen LogP contribution in [0.25, 0.3) is 10.9 Å². The summed E-state index contributed by atoms with van der Waals surface area (Å²) in [7, 11) is 0. The standard InChI is InChI=1S/C28H30F5N5O4/c1-26(2,3)21(36-24(42)28(31,32)33)23(41)37-12-15-19(27(15,4)5)20(37)22(40)35-16(11-34)14-10-18(39)38(25(29)30)17-9-7-6-8-13(14)17/h6-10,15-16,19-21,25H,12H2,1-5H3,(H,35,40)(H,36,42)/t15-,16?,19-,20-,21+/m0/s1. The number of likely N-dealkylation sites (tertiary alicyclic amines) is 1. The number of pyridine rings is 1. The molecule has 14 heteroatoms. The summed E-state index contributed by atoms with van der Waals surface area (Å²) in [5.41, 5.74) is -2.85. The van der Waals surface area contributed by atoms with Crippen LogP contribution < -0.4 is 16.2 Å². The molecule has 2 N–H and O–H groups in total. The number of nitrogens with zero attached hydrogens (tertiary/aromatic N) is 3. The van der Waals surface area contributed by atoms with Crippen molar-refractivity contribution in [2.45, 2.75) is 65.5 Å². The zero-order valence-electron chi connectivity index (χ0n) is 23.4. The Hall–Kier alpha value is -4.02. The Labute approximate surface area is 237 Å². The maximum atomic E-state index is 13.8. The summed E-state index contributed by atoms with van der Waals surface area (Å²) in [4.78, 5) is 52.9. The van der Waals surface area contributed by atoms with Gasteiger partial charge in [-0.1, -0.05) is 52.8 Å². The monoisotopic (exact) mass is 595 g/mol. The number of fused-ring (bicyclic) bond motifs is 2. The minimum atomic E-state index is -5.24. The van der Waals surface area contributed by atoms with Gasteiger partial charge in [-0.05, 0) is 28.7 Å². The smallest absolute Gasteiger partial charge is 0.336 e. The molecule has 2 aromatic rings. The van der Waals surface area contributed by atoms with Gasteiger partial charge in [0, 0.05) is 23.6 Å². The summed E-state index contributed by atoms with van der Waals surface area (Å²) in [6.07, 6.45) is -5.24. The molecule has 2 fully saturated rings. The van der Waals surface area contributed by atoms with Gasteiger partial charge in [-0.3, -0.25) is 23.7 Å². The van der Waals surface area contributed by atoms with E-state index in [1.807, 2.05) is 19.9 Å². The average molecular weight is 596 g/mol. The third kappa shape index (κ3) is 5.32. The largest absolute Gasteiger partial charge is 0.471 e. The second-order valence-electron chi connectivity index (χ2n) is 12.3. The number of para-hydroxylation sites is 1. The molecule has 0 bridgehead atoms. The number of carbonyl (C=O) groups excluding carboxylic acids is 3. The minimum absolute atomic E-state index is 0.0316. The number of halogens is 5. The number of hydrogen-bond acceptors (Lipinski definition) is 5. The molecule has 1 unspecified atom stereocenters. The van der Waals surface area contributed by atoms with Gasteiger partial charge in [0.2, 0.25) is 11.8 Å². The van der Waals surface area contributed by atoms with Gasteiger partial charge in [-0.25, -0.2) is 0 Å². The molecule has 1 aromatic heterocycles. The van der Waals surface area contributed by atoms with Crippen molar-refractivity contribution >= 4 is 28.6 Å². The maximum Gasteiger partial charge on any atom is 0.471 e. The summed E-state index contributed by atoms with van der Waals surface area (Å²) in [5, 5.41) is 14.4. The summed E-state index contributed by atoms with van der Waals surface area (Å²) < 4.78 is 66.7. The van der Waals surface area contributed by atoms with Gasteiger partial charge < -0.3 is 15.5 Å². The molecule has 2 aliphatic rings. The van der Waals surface area contributed by atoms with Gasteiger partial charge in [0.15, 0.2) is 0 Å². The Morgan fingerprint density at radius 2 is 1.71 bits per heavy atom. The highest BCUT2D eigenvalue weighted by Gasteiger charge is 2.70. The van der Waals surface area contributed by atoms with E-state index >= 15 is 0 Å². The van der Waals surface area contributed by atoms with E-state index in [0.717, 1.165) is 11.0 Å². The quantitative estimate of drug-likeness (QED) is 0.494. The maximum absolute atomic E-state index is 13.8. The van der Waals surface area contributed by atoms with Gasteiger partial charge in [-0.15, -0.1) is 0 Å². The van der Waals surface area contributed by atoms with Crippen LogP contribution in [0.2, 0.25) is 0 Å². The molecule has 42 heavy (non-hydrogen) atoms. The van der Waals surface area contributed by atoms with Crippen molar-refractivity contribution in [2.24, 2.45) is 22.7 Å². The predicted octanol–water partition coefficient (Wildman–Crippen LogP) is 3.65. The number of nitrogens with one attached hydrogen (secondary N) is 2. The first-order valence-electron chi connectivity index (χ1n) is 13.1. The molecule has 1 saturated carbocycles. The van der Waals surface area contributed by atoms with Crippen LogP contribution in [0.5, 0.6) is 0 Å². The molecule has 226 valence electrons. The lowest BCUT2D eigenvalue weighted by Crippen LogP contribution is -2.60. The molecule has 0 spiro atoms. The Morgan fingerprint density at radius 3 is 2.26 bits per heavy atom. The summed E-state index contributed by atoms with van der Waals surface area (Å²) in [6.45, 7) is 5.04. The van der Waals surface area contributed by atoms with E-state index in [1.54, 1.807) is 5.32 Å². The van der Waals surface area contributed by atoms with Crippen LogP contribution in [0.15, 0.2) is 35.1 Å². The zero-order chi connectivity index (χ0) is 31.5. The molecule has 4 rings (SSSR count). The number of alkyl halides is 5. The van der Waals surface area contributed by atoms with Crippen molar-refractivity contribution in [2.75, 3.05) is 6.54 Å². The van der Waals surface area contributed by atoms with Gasteiger partial charge in [0.05, 0.1) is 11.6 Å². The Kier molecular flexibility index (Phi) is 7.63. The van der Waals surface area contributed by atoms with Crippen LogP contribution >= 0.6 is 0 Å². The summed E-state index contributed by atoms with van der Waals surface area (Å²) in [6, 6.07) is 4.05. The van der Waals surface area contributed by atoms with Crippen LogP contribution in [0, 0.1) is 34.0 Å². The highest BCUT2D eigenvalue weighted by atomic mass is 19.4. The number of piperidine rings is 1. The third-order valence-electron chi connectivity index (χ3n) is 8.32. The van der Waals surface area contributed by atoms with E-state index in [1.165, 1.54) is 45.0 Å². The van der Waals surface area contributed by atoms with Crippen LogP contribution in [-0.2, 0) is 14.4 Å². The van der Waals surface area contributed by atoms with E-state index in [-0.39, 0.29) is 33.5 Å². The molecule has 9 nitrogen and oxygen atoms in total. The Bertz CT molecular complexity index is 1540. The van der Waals surface area contributed by atoms with Crippen molar-refractivity contribution in [3.05, 3.63) is 46.2 Å². The van der Waals surface area contributed by atoms with E-state index in [2.05, 4.69) is 5.32 Å². The molecule has 1 aliphatic carbocycles. The van der Waals surface area contributed by atoms with E-state index in [0.29, 0.717) is 0 Å². The molecule has 2 heterocycles. The molecular formula is C28H30F5N5O4. The number of aromatic nitrogens is 1. The highest BCUT2D eigenvalue weighted by molar-refractivity contribution is 5.95. The minimum Gasteiger partial charge on any atom is -0.336 e. The average Bonchev–Trinajstić information content (AvgIpc) is 3.20. The van der Waals surface area contributed by atoms with Crippen LogP contribution in [0.4, 0.5) is 22.0 Å². The fourth-order valence-corrected chi connectivity index (χ4v) is 6.01. The summed E-state index contributed by atoms with van der Waals surface area (Å²) in [5.74, 6) is -4.56. The molecular weight excluding hydrogens is 565 g/mol. The lowest BCUT2D eigenvalue weighted by Gasteiger charge is -2.37. The van der Waals surface area contributed by atoms with Crippen molar-refractivity contribution in [1.29, 1.82) is 5.26 Å². The number of hydrogen-bond donors (Lipinski definition) is 2. The van der Waals surface area contributed by atoms with E-state index in [4.69, 9.17) is 0 Å². The topological polar surface area (TPSA) is 124 Å². The first-order chi connectivity index (χ1) is 19.3. The van der Waals surface area contributed by atoms with Crippen molar-refractivity contribution in [1.82, 2.24) is 20.1 Å². The lowest BCUT2D eigenvalue weighted by atomic mass is 9.85. The summed E-state index contributed by atoms with van der Waals surface area (Å²) >= 11 is 0. The number of rotatable bonds is 6. The first kappa shape index (κ1) is 30.9. The highest BCUT2D eigenvalue weighted by Crippen LogP contribution is 2.65. The molecule has 0 radical (unpaired) electrons. The molecule has 1 aromatic carbocycles. The second kappa shape index (κ2) is 10.4. The first-order valence-corrected chi connectivity index (χ1v) is 13.1. The Morgan fingerprint density at radius 1 is 1.10 bits per heavy atom. The fourth-order valence-electron chi connectivity index (χ4n) is 6.01. The van der Waals surface area contributed by atoms with Crippen LogP contribution in [0.3, 0.4) is 0 Å². The zero-order valence-corrected chi connectivity index (χ0v) is 23.4. The fraction of sp³-hybridized carbons (Fsp3) is 0.536. The van der Waals surface area contributed by atoms with Crippen LogP contribution in [-0.4, -0.2) is 52.0 Å². The van der Waals surface area contributed by atoms with Gasteiger partial charge >= 0.3 is 18.6 Å². The second-order valence-corrected chi connectivity index (χ2v) is 12.3. The van der Waals surface area contributed by atoms with Crippen molar-refractivity contribution < 1.29 is 36.3 Å². The third-order valence-corrected chi connectivity index (χ3v) is 8.32. The number of nitriles is 1. The van der Waals surface area contributed by atoms with Gasteiger partial charge in [0.1, 0.15) is 18.1 Å². The van der Waals surface area contributed by atoms with E-state index < -0.39 is 70.9 Å². The van der Waals surface area contributed by atoms with Gasteiger partial charge in [-0.2, -0.15) is 27.2 Å². The molecule has 3 amide bonds. The van der Waals surface area contributed by atoms with E-state index in [9.17, 15) is 46.4 Å². The van der Waals surface area contributed by atoms with Gasteiger partial charge in [0.25, 0.3) is 5.56 Å². The SMILES string of the molecule is CC(C)(C)[C@H](NC(=O)C(F)(F)F)C(=O)N1C[C@H]2[C@@H]([C@H]1C(=O)NC(C#N)c1cc(=O)n(C(F)F)c3ccccc13)C2(C)C. The normalized spacial score (nSPS) is 22.7.